The van der Waals surface area contributed by atoms with Crippen molar-refractivity contribution in [1.82, 2.24) is 0 Å². The number of carbonyl (C=O) groups is 2. The molecule has 1 atom stereocenters. The first-order valence-corrected chi connectivity index (χ1v) is 9.63. The number of amides is 1. The van der Waals surface area contributed by atoms with Crippen molar-refractivity contribution in [3.63, 3.8) is 0 Å². The lowest BCUT2D eigenvalue weighted by Gasteiger charge is -2.49. The van der Waals surface area contributed by atoms with Gasteiger partial charge in [0.05, 0.1) is 11.1 Å². The van der Waals surface area contributed by atoms with Crippen LogP contribution in [-0.2, 0) is 14.9 Å². The van der Waals surface area contributed by atoms with Gasteiger partial charge in [-0.05, 0) is 78.1 Å². The fraction of sp³-hybridized carbons (Fsp3) is 0.600. The predicted octanol–water partition coefficient (Wildman–Crippen LogP) is 4.58. The Hall–Kier alpha value is -1.40. The third kappa shape index (κ3) is 3.67. The van der Waals surface area contributed by atoms with Gasteiger partial charge in [0.15, 0.2) is 5.78 Å². The molecule has 1 unspecified atom stereocenters. The summed E-state index contributed by atoms with van der Waals surface area (Å²) in [6.07, 6.45) is 0.484. The largest absolute Gasteiger partial charge is 0.443 e. The van der Waals surface area contributed by atoms with E-state index in [1.807, 2.05) is 25.1 Å². The van der Waals surface area contributed by atoms with Crippen LogP contribution in [0.4, 0.5) is 10.5 Å². The number of fused-ring (bicyclic) bond motifs is 1. The van der Waals surface area contributed by atoms with E-state index < -0.39 is 22.6 Å². The zero-order valence-electron chi connectivity index (χ0n) is 16.4. The van der Waals surface area contributed by atoms with E-state index in [4.69, 9.17) is 4.74 Å². The van der Waals surface area contributed by atoms with Gasteiger partial charge in [0, 0.05) is 11.1 Å². The van der Waals surface area contributed by atoms with Gasteiger partial charge >= 0.3 is 6.09 Å². The highest BCUT2D eigenvalue weighted by Crippen LogP contribution is 2.48. The number of nitrogens with zero attached hydrogens (tertiary/aromatic N) is 1. The van der Waals surface area contributed by atoms with Crippen molar-refractivity contribution in [2.24, 2.45) is 0 Å². The highest BCUT2D eigenvalue weighted by Gasteiger charge is 2.54. The lowest BCUT2D eigenvalue weighted by molar-refractivity contribution is -0.129. The third-order valence-corrected chi connectivity index (χ3v) is 5.31. The highest BCUT2D eigenvalue weighted by molar-refractivity contribution is 9.10. The summed E-state index contributed by atoms with van der Waals surface area (Å²) >= 11 is 3.47. The molecule has 1 amide bonds. The van der Waals surface area contributed by atoms with Crippen LogP contribution in [0.3, 0.4) is 0 Å². The van der Waals surface area contributed by atoms with Gasteiger partial charge in [0.1, 0.15) is 11.1 Å². The van der Waals surface area contributed by atoms with Crippen LogP contribution in [0.15, 0.2) is 22.7 Å². The molecule has 1 aliphatic rings. The average molecular weight is 426 g/mol. The van der Waals surface area contributed by atoms with Crippen LogP contribution in [0.25, 0.3) is 0 Å². The molecule has 1 heterocycles. The summed E-state index contributed by atoms with van der Waals surface area (Å²) in [6, 6.07) is 5.58. The maximum atomic E-state index is 13.5. The first-order valence-electron chi connectivity index (χ1n) is 8.83. The topological polar surface area (TPSA) is 66.8 Å². The Balaban J connectivity index is 2.66. The Morgan fingerprint density at radius 1 is 1.27 bits per heavy atom. The second-order valence-corrected chi connectivity index (χ2v) is 9.44. The monoisotopic (exact) mass is 425 g/mol. The van der Waals surface area contributed by atoms with E-state index >= 15 is 0 Å². The van der Waals surface area contributed by atoms with Crippen molar-refractivity contribution in [3.8, 4) is 0 Å². The molecule has 0 radical (unpaired) electrons. The maximum Gasteiger partial charge on any atom is 0.415 e. The molecule has 1 aliphatic heterocycles. The minimum Gasteiger partial charge on any atom is -0.443 e. The summed E-state index contributed by atoms with van der Waals surface area (Å²) in [4.78, 5) is 27.9. The van der Waals surface area contributed by atoms with E-state index in [1.165, 1.54) is 4.90 Å². The molecule has 0 bridgehead atoms. The number of hydrogen-bond donors (Lipinski definition) is 1. The summed E-state index contributed by atoms with van der Waals surface area (Å²) in [5.41, 5.74) is -1.07. The summed E-state index contributed by atoms with van der Waals surface area (Å²) in [6.45, 7) is 10.8. The molecule has 144 valence electrons. The quantitative estimate of drug-likeness (QED) is 0.768. The number of aliphatic hydroxyl groups excluding tert-OH is 1. The first-order chi connectivity index (χ1) is 11.8. The molecule has 0 fully saturated rings. The fourth-order valence-electron chi connectivity index (χ4n) is 3.66. The third-order valence-electron chi connectivity index (χ3n) is 4.82. The van der Waals surface area contributed by atoms with E-state index in [2.05, 4.69) is 15.9 Å². The van der Waals surface area contributed by atoms with Gasteiger partial charge in [-0.15, -0.1) is 0 Å². The standard InChI is InChI=1S/C20H28BrNO4/c1-18(2,3)26-17(25)22-15-9-8-13(21)12-14(15)20(6,10-7-11-23)16(24)19(22,4)5/h8-9,12,23H,7,10-11H2,1-6H3. The van der Waals surface area contributed by atoms with Gasteiger partial charge in [0.2, 0.25) is 0 Å². The van der Waals surface area contributed by atoms with Gasteiger partial charge in [-0.3, -0.25) is 9.69 Å². The number of halogens is 1. The predicted molar refractivity (Wildman–Crippen MR) is 106 cm³/mol. The maximum absolute atomic E-state index is 13.5. The number of ketones is 1. The number of Topliss-reactive ketones (excluding diaryl/α,β-unsaturated/α-hetero) is 1. The van der Waals surface area contributed by atoms with Gasteiger partial charge < -0.3 is 9.84 Å². The molecule has 0 saturated carbocycles. The molecule has 2 rings (SSSR count). The van der Waals surface area contributed by atoms with Crippen LogP contribution in [0.2, 0.25) is 0 Å². The molecule has 0 aromatic heterocycles. The molecule has 0 saturated heterocycles. The van der Waals surface area contributed by atoms with Crippen molar-refractivity contribution in [1.29, 1.82) is 0 Å². The molecular formula is C20H28BrNO4. The van der Waals surface area contributed by atoms with Crippen LogP contribution >= 0.6 is 15.9 Å². The van der Waals surface area contributed by atoms with Crippen molar-refractivity contribution in [3.05, 3.63) is 28.2 Å². The van der Waals surface area contributed by atoms with Crippen molar-refractivity contribution in [2.75, 3.05) is 11.5 Å². The summed E-state index contributed by atoms with van der Waals surface area (Å²) < 4.78 is 6.42. The number of anilines is 1. The van der Waals surface area contributed by atoms with Gasteiger partial charge in [-0.1, -0.05) is 15.9 Å². The normalized spacial score (nSPS) is 22.2. The highest BCUT2D eigenvalue weighted by atomic mass is 79.9. The van der Waals surface area contributed by atoms with E-state index in [0.717, 1.165) is 10.0 Å². The summed E-state index contributed by atoms with van der Waals surface area (Å²) in [5.74, 6) is -0.0603. The van der Waals surface area contributed by atoms with Crippen molar-refractivity contribution < 1.29 is 19.4 Å². The first kappa shape index (κ1) is 20.9. The molecule has 5 nitrogen and oxygen atoms in total. The lowest BCUT2D eigenvalue weighted by atomic mass is 9.65. The molecule has 26 heavy (non-hydrogen) atoms. The molecule has 0 aliphatic carbocycles. The van der Waals surface area contributed by atoms with Crippen LogP contribution < -0.4 is 4.90 Å². The van der Waals surface area contributed by atoms with Crippen molar-refractivity contribution >= 4 is 33.5 Å². The minimum absolute atomic E-state index is 0.0163. The summed E-state index contributed by atoms with van der Waals surface area (Å²) in [7, 11) is 0. The smallest absolute Gasteiger partial charge is 0.415 e. The number of benzene rings is 1. The molecule has 1 aromatic rings. The Labute approximate surface area is 163 Å². The second kappa shape index (κ2) is 6.97. The second-order valence-electron chi connectivity index (χ2n) is 8.52. The van der Waals surface area contributed by atoms with E-state index in [9.17, 15) is 14.7 Å². The minimum atomic E-state index is -1.06. The molecule has 1 N–H and O–H groups in total. The SMILES string of the molecule is CC(C)(C)OC(=O)N1c2ccc(Br)cc2C(C)(CCCO)C(=O)C1(C)C. The molecular weight excluding hydrogens is 398 g/mol. The van der Waals surface area contributed by atoms with Crippen LogP contribution in [0.1, 0.15) is 59.9 Å². The van der Waals surface area contributed by atoms with E-state index in [0.29, 0.717) is 18.5 Å². The number of hydrogen-bond acceptors (Lipinski definition) is 4. The number of ether oxygens (including phenoxy) is 1. The van der Waals surface area contributed by atoms with Crippen LogP contribution in [-0.4, -0.2) is 34.7 Å². The molecule has 1 aromatic carbocycles. The number of rotatable bonds is 3. The number of carbonyl (C=O) groups excluding carboxylic acids is 2. The summed E-state index contributed by atoms with van der Waals surface area (Å²) in [5, 5.41) is 9.29. The van der Waals surface area contributed by atoms with Crippen LogP contribution in [0, 0.1) is 0 Å². The number of aliphatic hydroxyl groups is 1. The lowest BCUT2D eigenvalue weighted by Crippen LogP contribution is -2.63. The fourth-order valence-corrected chi connectivity index (χ4v) is 4.02. The zero-order valence-corrected chi connectivity index (χ0v) is 17.9. The van der Waals surface area contributed by atoms with E-state index in [1.54, 1.807) is 34.6 Å². The van der Waals surface area contributed by atoms with Gasteiger partial charge in [-0.25, -0.2) is 4.79 Å². The zero-order chi connectivity index (χ0) is 19.9. The molecule has 6 heteroatoms. The Bertz CT molecular complexity index is 723. The Kier molecular flexibility index (Phi) is 5.60. The van der Waals surface area contributed by atoms with E-state index in [-0.39, 0.29) is 12.4 Å². The van der Waals surface area contributed by atoms with Crippen LogP contribution in [0.5, 0.6) is 0 Å². The van der Waals surface area contributed by atoms with Crippen molar-refractivity contribution in [2.45, 2.75) is 70.9 Å². The Morgan fingerprint density at radius 2 is 1.88 bits per heavy atom. The molecule has 0 spiro atoms. The van der Waals surface area contributed by atoms with Gasteiger partial charge in [0.25, 0.3) is 0 Å². The average Bonchev–Trinajstić information content (AvgIpc) is 2.50. The van der Waals surface area contributed by atoms with Gasteiger partial charge in [-0.2, -0.15) is 0 Å². The Morgan fingerprint density at radius 3 is 2.42 bits per heavy atom.